The molecule has 0 aliphatic carbocycles. The van der Waals surface area contributed by atoms with E-state index in [0.29, 0.717) is 10.6 Å². The highest BCUT2D eigenvalue weighted by atomic mass is 35.5. The summed E-state index contributed by atoms with van der Waals surface area (Å²) in [6.45, 7) is 0. The molecule has 1 N–H and O–H groups in total. The Morgan fingerprint density at radius 3 is 2.58 bits per heavy atom. The van der Waals surface area contributed by atoms with E-state index >= 15 is 0 Å². The van der Waals surface area contributed by atoms with E-state index in [4.69, 9.17) is 16.9 Å². The number of nitrogens with one attached hydrogen (secondary N) is 1. The maximum atomic E-state index is 11.9. The van der Waals surface area contributed by atoms with Gasteiger partial charge < -0.3 is 10.1 Å². The van der Waals surface area contributed by atoms with Crippen LogP contribution in [-0.2, 0) is 9.53 Å². The predicted molar refractivity (Wildman–Crippen MR) is 69.6 cm³/mol. The summed E-state index contributed by atoms with van der Waals surface area (Å²) in [5.74, 6) is -0.984. The molecular weight excluding hydrogens is 268 g/mol. The summed E-state index contributed by atoms with van der Waals surface area (Å²) >= 11 is 5.72. The van der Waals surface area contributed by atoms with Crippen LogP contribution in [0.3, 0.4) is 0 Å². The van der Waals surface area contributed by atoms with E-state index in [1.807, 2.05) is 6.07 Å². The van der Waals surface area contributed by atoms with Crippen LogP contribution in [0.4, 0.5) is 0 Å². The molecule has 0 aliphatic heterocycles. The molecule has 1 atom stereocenters. The number of nitriles is 1. The van der Waals surface area contributed by atoms with Gasteiger partial charge in [-0.05, 0) is 30.7 Å². The highest BCUT2D eigenvalue weighted by Crippen LogP contribution is 2.10. The SMILES string of the molecule is COC(=O)[C@@H](CCC#N)NC(=O)c1ccc(Cl)cc1. The van der Waals surface area contributed by atoms with E-state index in [1.54, 1.807) is 24.3 Å². The van der Waals surface area contributed by atoms with Crippen molar-refractivity contribution in [3.05, 3.63) is 34.9 Å². The minimum absolute atomic E-state index is 0.153. The Bertz CT molecular complexity index is 494. The largest absolute Gasteiger partial charge is 0.467 e. The van der Waals surface area contributed by atoms with Gasteiger partial charge in [-0.2, -0.15) is 5.26 Å². The number of amides is 1. The average molecular weight is 281 g/mol. The van der Waals surface area contributed by atoms with Crippen molar-refractivity contribution in [2.75, 3.05) is 7.11 Å². The van der Waals surface area contributed by atoms with Crippen molar-refractivity contribution in [3.8, 4) is 6.07 Å². The molecule has 100 valence electrons. The Balaban J connectivity index is 2.73. The van der Waals surface area contributed by atoms with Crippen LogP contribution in [0.2, 0.25) is 5.02 Å². The highest BCUT2D eigenvalue weighted by Gasteiger charge is 2.21. The Morgan fingerprint density at radius 1 is 1.42 bits per heavy atom. The van der Waals surface area contributed by atoms with Gasteiger partial charge in [-0.3, -0.25) is 4.79 Å². The zero-order valence-electron chi connectivity index (χ0n) is 10.4. The van der Waals surface area contributed by atoms with E-state index < -0.39 is 17.9 Å². The fourth-order valence-corrected chi connectivity index (χ4v) is 1.57. The van der Waals surface area contributed by atoms with Crippen molar-refractivity contribution < 1.29 is 14.3 Å². The molecule has 1 amide bonds. The summed E-state index contributed by atoms with van der Waals surface area (Å²) in [6.07, 6.45) is 0.364. The van der Waals surface area contributed by atoms with Crippen LogP contribution in [0.25, 0.3) is 0 Å². The zero-order valence-corrected chi connectivity index (χ0v) is 11.1. The molecule has 0 bridgehead atoms. The number of carbonyl (C=O) groups excluding carboxylic acids is 2. The average Bonchev–Trinajstić information content (AvgIpc) is 2.43. The summed E-state index contributed by atoms with van der Waals surface area (Å²) in [6, 6.07) is 7.36. The second-order valence-electron chi connectivity index (χ2n) is 3.75. The Hall–Kier alpha value is -2.06. The first kappa shape index (κ1) is 15.0. The summed E-state index contributed by atoms with van der Waals surface area (Å²) in [7, 11) is 1.23. The van der Waals surface area contributed by atoms with E-state index in [9.17, 15) is 9.59 Å². The number of benzene rings is 1. The third-order valence-corrected chi connectivity index (χ3v) is 2.69. The molecule has 1 aromatic carbocycles. The van der Waals surface area contributed by atoms with Crippen LogP contribution in [0.15, 0.2) is 24.3 Å². The minimum Gasteiger partial charge on any atom is -0.467 e. The number of rotatable bonds is 5. The second kappa shape index (κ2) is 7.39. The maximum absolute atomic E-state index is 11.9. The molecule has 0 aromatic heterocycles. The monoisotopic (exact) mass is 280 g/mol. The molecule has 0 heterocycles. The lowest BCUT2D eigenvalue weighted by Crippen LogP contribution is -2.41. The lowest BCUT2D eigenvalue weighted by atomic mass is 10.1. The molecule has 1 rings (SSSR count). The molecule has 0 aliphatic rings. The third kappa shape index (κ3) is 4.60. The number of carbonyl (C=O) groups is 2. The zero-order chi connectivity index (χ0) is 14.3. The molecular formula is C13H13ClN2O3. The van der Waals surface area contributed by atoms with Gasteiger partial charge in [0.15, 0.2) is 0 Å². The van der Waals surface area contributed by atoms with E-state index in [-0.39, 0.29) is 12.8 Å². The highest BCUT2D eigenvalue weighted by molar-refractivity contribution is 6.30. The van der Waals surface area contributed by atoms with Crippen molar-refractivity contribution in [3.63, 3.8) is 0 Å². The summed E-state index contributed by atoms with van der Waals surface area (Å²) < 4.78 is 4.58. The van der Waals surface area contributed by atoms with Gasteiger partial charge in [0, 0.05) is 17.0 Å². The smallest absolute Gasteiger partial charge is 0.328 e. The number of esters is 1. The molecule has 0 saturated carbocycles. The molecule has 0 radical (unpaired) electrons. The fourth-order valence-electron chi connectivity index (χ4n) is 1.44. The number of halogens is 1. The van der Waals surface area contributed by atoms with Crippen molar-refractivity contribution in [1.82, 2.24) is 5.32 Å². The Labute approximate surface area is 116 Å². The quantitative estimate of drug-likeness (QED) is 0.836. The van der Waals surface area contributed by atoms with Crippen LogP contribution in [0.5, 0.6) is 0 Å². The van der Waals surface area contributed by atoms with Gasteiger partial charge in [-0.25, -0.2) is 4.79 Å². The van der Waals surface area contributed by atoms with Crippen molar-refractivity contribution in [2.24, 2.45) is 0 Å². The standard InChI is InChI=1S/C13H13ClN2O3/c1-19-13(18)11(3-2-8-15)16-12(17)9-4-6-10(14)7-5-9/h4-7,11H,2-3H2,1H3,(H,16,17)/t11-/m1/s1. The van der Waals surface area contributed by atoms with Gasteiger partial charge in [-0.1, -0.05) is 11.6 Å². The minimum atomic E-state index is -0.826. The van der Waals surface area contributed by atoms with Crippen LogP contribution in [-0.4, -0.2) is 25.0 Å². The van der Waals surface area contributed by atoms with Crippen molar-refractivity contribution in [1.29, 1.82) is 5.26 Å². The van der Waals surface area contributed by atoms with Crippen molar-refractivity contribution >= 4 is 23.5 Å². The Morgan fingerprint density at radius 2 is 2.05 bits per heavy atom. The summed E-state index contributed by atoms with van der Waals surface area (Å²) in [5.41, 5.74) is 0.385. The predicted octanol–water partition coefficient (Wildman–Crippen LogP) is 1.92. The van der Waals surface area contributed by atoms with E-state index in [0.717, 1.165) is 0 Å². The van der Waals surface area contributed by atoms with Gasteiger partial charge in [0.05, 0.1) is 13.2 Å². The van der Waals surface area contributed by atoms with Crippen LogP contribution in [0.1, 0.15) is 23.2 Å². The fraction of sp³-hybridized carbons (Fsp3) is 0.308. The summed E-state index contributed by atoms with van der Waals surface area (Å²) in [4.78, 5) is 23.4. The molecule has 1 aromatic rings. The van der Waals surface area contributed by atoms with Gasteiger partial charge >= 0.3 is 5.97 Å². The molecule has 6 heteroatoms. The van der Waals surface area contributed by atoms with Gasteiger partial charge in [-0.15, -0.1) is 0 Å². The molecule has 0 saturated heterocycles. The third-order valence-electron chi connectivity index (χ3n) is 2.44. The molecule has 0 spiro atoms. The molecule has 0 fully saturated rings. The first-order chi connectivity index (χ1) is 9.08. The Kier molecular flexibility index (Phi) is 5.83. The van der Waals surface area contributed by atoms with E-state index in [1.165, 1.54) is 7.11 Å². The van der Waals surface area contributed by atoms with Gasteiger partial charge in [0.1, 0.15) is 6.04 Å². The summed E-state index contributed by atoms with van der Waals surface area (Å²) in [5, 5.41) is 11.6. The molecule has 5 nitrogen and oxygen atoms in total. The van der Waals surface area contributed by atoms with Crippen LogP contribution in [0, 0.1) is 11.3 Å². The first-order valence-corrected chi connectivity index (χ1v) is 5.97. The maximum Gasteiger partial charge on any atom is 0.328 e. The topological polar surface area (TPSA) is 79.2 Å². The van der Waals surface area contributed by atoms with Crippen LogP contribution < -0.4 is 5.32 Å². The number of hydrogen-bond donors (Lipinski definition) is 1. The van der Waals surface area contributed by atoms with Gasteiger partial charge in [0.25, 0.3) is 5.91 Å². The number of nitrogens with zero attached hydrogens (tertiary/aromatic N) is 1. The van der Waals surface area contributed by atoms with E-state index in [2.05, 4.69) is 10.1 Å². The number of ether oxygens (including phenoxy) is 1. The second-order valence-corrected chi connectivity index (χ2v) is 4.19. The van der Waals surface area contributed by atoms with Gasteiger partial charge in [0.2, 0.25) is 0 Å². The number of hydrogen-bond acceptors (Lipinski definition) is 4. The van der Waals surface area contributed by atoms with Crippen LogP contribution >= 0.6 is 11.6 Å². The number of methoxy groups -OCH3 is 1. The lowest BCUT2D eigenvalue weighted by Gasteiger charge is -2.15. The van der Waals surface area contributed by atoms with Crippen molar-refractivity contribution in [2.45, 2.75) is 18.9 Å². The lowest BCUT2D eigenvalue weighted by molar-refractivity contribution is -0.143. The normalized spacial score (nSPS) is 11.2. The first-order valence-electron chi connectivity index (χ1n) is 5.59. The molecule has 0 unspecified atom stereocenters. The molecule has 19 heavy (non-hydrogen) atoms.